The number of hydrogen-bond acceptors (Lipinski definition) is 4. The van der Waals surface area contributed by atoms with E-state index in [0.29, 0.717) is 18.7 Å². The zero-order valence-electron chi connectivity index (χ0n) is 9.14. The van der Waals surface area contributed by atoms with Gasteiger partial charge in [0.1, 0.15) is 6.10 Å². The molecular weight excluding hydrogens is 192 g/mol. The Balaban J connectivity index is 2.86. The molecule has 15 heavy (non-hydrogen) atoms. The third-order valence-corrected chi connectivity index (χ3v) is 2.36. The third-order valence-electron chi connectivity index (χ3n) is 2.36. The van der Waals surface area contributed by atoms with Crippen LogP contribution in [0.1, 0.15) is 29.3 Å². The van der Waals surface area contributed by atoms with Crippen molar-refractivity contribution in [3.8, 4) is 0 Å². The van der Waals surface area contributed by atoms with E-state index >= 15 is 0 Å². The number of aryl methyl sites for hydroxylation is 2. The fourth-order valence-electron chi connectivity index (χ4n) is 1.55. The monoisotopic (exact) mass is 210 g/mol. The van der Waals surface area contributed by atoms with Gasteiger partial charge in [-0.3, -0.25) is 4.98 Å². The van der Waals surface area contributed by atoms with E-state index < -0.39 is 12.2 Å². The minimum absolute atomic E-state index is 0.350. The molecule has 1 heterocycles. The summed E-state index contributed by atoms with van der Waals surface area (Å²) >= 11 is 0. The molecule has 0 spiro atoms. The van der Waals surface area contributed by atoms with Crippen molar-refractivity contribution in [2.75, 3.05) is 6.54 Å². The quantitative estimate of drug-likeness (QED) is 0.673. The van der Waals surface area contributed by atoms with Crippen molar-refractivity contribution in [1.29, 1.82) is 0 Å². The molecule has 1 aromatic heterocycles. The molecule has 0 saturated carbocycles. The number of aliphatic hydroxyl groups excluding tert-OH is 2. The smallest absolute Gasteiger partial charge is 0.122 e. The summed E-state index contributed by atoms with van der Waals surface area (Å²) in [5.41, 5.74) is 7.77. The lowest BCUT2D eigenvalue weighted by molar-refractivity contribution is 0.0121. The zero-order valence-corrected chi connectivity index (χ0v) is 9.14. The number of aliphatic hydroxyl groups is 2. The fraction of sp³-hybridized carbons (Fsp3) is 0.545. The second-order valence-corrected chi connectivity index (χ2v) is 3.80. The Kier molecular flexibility index (Phi) is 4.20. The third kappa shape index (κ3) is 2.99. The largest absolute Gasteiger partial charge is 0.390 e. The lowest BCUT2D eigenvalue weighted by atomic mass is 10.0. The van der Waals surface area contributed by atoms with E-state index in [1.54, 1.807) is 6.20 Å². The van der Waals surface area contributed by atoms with Gasteiger partial charge in [0.25, 0.3) is 0 Å². The topological polar surface area (TPSA) is 79.4 Å². The maximum absolute atomic E-state index is 9.82. The Bertz CT molecular complexity index is 328. The second kappa shape index (κ2) is 5.21. The van der Waals surface area contributed by atoms with E-state index in [1.807, 2.05) is 19.9 Å². The van der Waals surface area contributed by atoms with Crippen LogP contribution < -0.4 is 5.73 Å². The highest BCUT2D eigenvalue weighted by Gasteiger charge is 2.20. The number of aromatic nitrogens is 1. The van der Waals surface area contributed by atoms with Crippen LogP contribution in [-0.4, -0.2) is 27.8 Å². The predicted octanol–water partition coefficient (Wildman–Crippen LogP) is 0.442. The standard InChI is InChI=1S/C11H18N2O2/c1-7-5-8(2)10(13-6-7)11(15)9(14)3-4-12/h5-6,9,11,14-15H,3-4,12H2,1-2H3. The molecule has 4 nitrogen and oxygen atoms in total. The second-order valence-electron chi connectivity index (χ2n) is 3.80. The van der Waals surface area contributed by atoms with Gasteiger partial charge in [-0.1, -0.05) is 6.07 Å². The summed E-state index contributed by atoms with van der Waals surface area (Å²) in [4.78, 5) is 4.13. The van der Waals surface area contributed by atoms with Gasteiger partial charge in [-0.25, -0.2) is 0 Å². The van der Waals surface area contributed by atoms with Crippen molar-refractivity contribution in [3.05, 3.63) is 29.1 Å². The van der Waals surface area contributed by atoms with Gasteiger partial charge in [0, 0.05) is 6.20 Å². The van der Waals surface area contributed by atoms with Crippen LogP contribution in [0.5, 0.6) is 0 Å². The van der Waals surface area contributed by atoms with Crippen molar-refractivity contribution in [2.45, 2.75) is 32.5 Å². The summed E-state index contributed by atoms with van der Waals surface area (Å²) in [6, 6.07) is 1.93. The van der Waals surface area contributed by atoms with E-state index in [0.717, 1.165) is 11.1 Å². The molecule has 2 unspecified atom stereocenters. The Labute approximate surface area is 89.8 Å². The Morgan fingerprint density at radius 2 is 2.07 bits per heavy atom. The van der Waals surface area contributed by atoms with Gasteiger partial charge in [-0.2, -0.15) is 0 Å². The van der Waals surface area contributed by atoms with E-state index in [2.05, 4.69) is 4.98 Å². The van der Waals surface area contributed by atoms with Crippen LogP contribution in [0.3, 0.4) is 0 Å². The van der Waals surface area contributed by atoms with Crippen molar-refractivity contribution in [2.24, 2.45) is 5.73 Å². The number of nitrogens with zero attached hydrogens (tertiary/aromatic N) is 1. The molecule has 0 bridgehead atoms. The lowest BCUT2D eigenvalue weighted by Gasteiger charge is -2.18. The average molecular weight is 210 g/mol. The van der Waals surface area contributed by atoms with Gasteiger partial charge >= 0.3 is 0 Å². The van der Waals surface area contributed by atoms with Crippen LogP contribution in [0.4, 0.5) is 0 Å². The molecule has 0 amide bonds. The van der Waals surface area contributed by atoms with Crippen LogP contribution in [0.15, 0.2) is 12.3 Å². The van der Waals surface area contributed by atoms with Gasteiger partial charge in [0.15, 0.2) is 0 Å². The molecule has 0 fully saturated rings. The molecule has 84 valence electrons. The first kappa shape index (κ1) is 12.1. The molecule has 0 saturated heterocycles. The minimum atomic E-state index is -0.950. The first-order valence-electron chi connectivity index (χ1n) is 5.05. The van der Waals surface area contributed by atoms with Crippen molar-refractivity contribution < 1.29 is 10.2 Å². The molecule has 0 aliphatic rings. The lowest BCUT2D eigenvalue weighted by Crippen LogP contribution is -2.23. The van der Waals surface area contributed by atoms with Crippen molar-refractivity contribution in [3.63, 3.8) is 0 Å². The molecule has 0 aliphatic carbocycles. The van der Waals surface area contributed by atoms with E-state index in [-0.39, 0.29) is 0 Å². The van der Waals surface area contributed by atoms with Crippen molar-refractivity contribution in [1.82, 2.24) is 4.98 Å². The highest BCUT2D eigenvalue weighted by atomic mass is 16.3. The van der Waals surface area contributed by atoms with Gasteiger partial charge < -0.3 is 15.9 Å². The molecule has 2 atom stereocenters. The van der Waals surface area contributed by atoms with E-state index in [4.69, 9.17) is 5.73 Å². The summed E-state index contributed by atoms with van der Waals surface area (Å²) < 4.78 is 0. The van der Waals surface area contributed by atoms with Crippen LogP contribution in [0, 0.1) is 13.8 Å². The molecular formula is C11H18N2O2. The maximum atomic E-state index is 9.82. The summed E-state index contributed by atoms with van der Waals surface area (Å²) in [5, 5.41) is 19.4. The highest BCUT2D eigenvalue weighted by Crippen LogP contribution is 2.20. The Hall–Kier alpha value is -0.970. The first-order chi connectivity index (χ1) is 7.06. The highest BCUT2D eigenvalue weighted by molar-refractivity contribution is 5.25. The van der Waals surface area contributed by atoms with Gasteiger partial charge in [-0.15, -0.1) is 0 Å². The molecule has 1 aromatic rings. The SMILES string of the molecule is Cc1cnc(C(O)C(O)CCN)c(C)c1. The summed E-state index contributed by atoms with van der Waals surface area (Å²) in [7, 11) is 0. The molecule has 0 radical (unpaired) electrons. The number of nitrogens with two attached hydrogens (primary N) is 1. The van der Waals surface area contributed by atoms with Crippen molar-refractivity contribution >= 4 is 0 Å². The molecule has 4 heteroatoms. The van der Waals surface area contributed by atoms with Crippen LogP contribution in [-0.2, 0) is 0 Å². The number of hydrogen-bond donors (Lipinski definition) is 3. The molecule has 0 aromatic carbocycles. The summed E-state index contributed by atoms with van der Waals surface area (Å²) in [6.45, 7) is 4.16. The maximum Gasteiger partial charge on any atom is 0.122 e. The zero-order chi connectivity index (χ0) is 11.4. The normalized spacial score (nSPS) is 15.0. The van der Waals surface area contributed by atoms with Crippen LogP contribution >= 0.6 is 0 Å². The predicted molar refractivity (Wildman–Crippen MR) is 58.3 cm³/mol. The van der Waals surface area contributed by atoms with E-state index in [9.17, 15) is 10.2 Å². The Morgan fingerprint density at radius 3 is 2.60 bits per heavy atom. The molecule has 1 rings (SSSR count). The first-order valence-corrected chi connectivity index (χ1v) is 5.05. The van der Waals surface area contributed by atoms with Crippen LogP contribution in [0.25, 0.3) is 0 Å². The summed E-state index contributed by atoms with van der Waals surface area (Å²) in [5.74, 6) is 0. The van der Waals surface area contributed by atoms with E-state index in [1.165, 1.54) is 0 Å². The van der Waals surface area contributed by atoms with Gasteiger partial charge in [-0.05, 0) is 37.9 Å². The minimum Gasteiger partial charge on any atom is -0.390 e. The van der Waals surface area contributed by atoms with Crippen LogP contribution in [0.2, 0.25) is 0 Å². The molecule has 0 aliphatic heterocycles. The summed E-state index contributed by atoms with van der Waals surface area (Å²) in [6.07, 6.45) is 0.259. The number of pyridine rings is 1. The van der Waals surface area contributed by atoms with Gasteiger partial charge in [0.2, 0.25) is 0 Å². The average Bonchev–Trinajstić information content (AvgIpc) is 2.17. The fourth-order valence-corrected chi connectivity index (χ4v) is 1.55. The Morgan fingerprint density at radius 1 is 1.40 bits per heavy atom. The molecule has 4 N–H and O–H groups in total. The van der Waals surface area contributed by atoms with Gasteiger partial charge in [0.05, 0.1) is 11.8 Å². The number of rotatable bonds is 4.